The Labute approximate surface area is 123 Å². The zero-order valence-electron chi connectivity index (χ0n) is 11.4. The van der Waals surface area contributed by atoms with Gasteiger partial charge in [0.15, 0.2) is 0 Å². The van der Waals surface area contributed by atoms with Crippen LogP contribution in [0.5, 0.6) is 5.75 Å². The normalized spacial score (nSPS) is 12.4. The molecule has 0 bridgehead atoms. The quantitative estimate of drug-likeness (QED) is 0.722. The first-order valence-electron chi connectivity index (χ1n) is 6.38. The highest BCUT2D eigenvalue weighted by Crippen LogP contribution is 2.30. The van der Waals surface area contributed by atoms with E-state index in [2.05, 4.69) is 44.0 Å². The maximum Gasteiger partial charge on any atom is 0.150 e. The highest BCUT2D eigenvalue weighted by atomic mass is 35.5. The van der Waals surface area contributed by atoms with E-state index in [-0.39, 0.29) is 6.10 Å². The third-order valence-electron chi connectivity index (χ3n) is 2.97. The molecule has 102 valence electrons. The van der Waals surface area contributed by atoms with Crippen molar-refractivity contribution in [2.24, 2.45) is 0 Å². The lowest BCUT2D eigenvalue weighted by Gasteiger charge is -2.17. The summed E-state index contributed by atoms with van der Waals surface area (Å²) in [4.78, 5) is 4.51. The maximum atomic E-state index is 6.12. The van der Waals surface area contributed by atoms with Crippen LogP contribution in [0.3, 0.4) is 0 Å². The molecule has 0 saturated heterocycles. The zero-order chi connectivity index (χ0) is 13.8. The second-order valence-electron chi connectivity index (χ2n) is 4.59. The Hall–Kier alpha value is -1.06. The van der Waals surface area contributed by atoms with Gasteiger partial charge in [0.25, 0.3) is 0 Å². The summed E-state index contributed by atoms with van der Waals surface area (Å²) in [5.74, 6) is 1.39. The number of hydrogen-bond acceptors (Lipinski definition) is 3. The number of hydrogen-bond donors (Lipinski definition) is 0. The van der Waals surface area contributed by atoms with Gasteiger partial charge in [-0.3, -0.25) is 0 Å². The average Bonchev–Trinajstić information content (AvgIpc) is 2.88. The zero-order valence-corrected chi connectivity index (χ0v) is 13.0. The highest BCUT2D eigenvalue weighted by molar-refractivity contribution is 7.09. The van der Waals surface area contributed by atoms with E-state index >= 15 is 0 Å². The molecule has 1 aromatic carbocycles. The van der Waals surface area contributed by atoms with Crippen LogP contribution in [0.1, 0.15) is 41.3 Å². The molecule has 2 aromatic rings. The standard InChI is InChI=1S/C15H18ClNOS/c1-4-13(15-17-12(8-16)9-19-15)18-14-7-10(2)5-6-11(14)3/h5-7,9,13H,4,8H2,1-3H3. The topological polar surface area (TPSA) is 22.1 Å². The molecule has 0 aliphatic rings. The molecular weight excluding hydrogens is 278 g/mol. The molecule has 1 atom stereocenters. The summed E-state index contributed by atoms with van der Waals surface area (Å²) in [6.07, 6.45) is 0.894. The van der Waals surface area contributed by atoms with Crippen LogP contribution in [-0.2, 0) is 5.88 Å². The van der Waals surface area contributed by atoms with Crippen molar-refractivity contribution in [3.63, 3.8) is 0 Å². The Morgan fingerprint density at radius 3 is 2.79 bits per heavy atom. The van der Waals surface area contributed by atoms with Crippen LogP contribution in [0.15, 0.2) is 23.6 Å². The van der Waals surface area contributed by atoms with Crippen LogP contribution in [0, 0.1) is 13.8 Å². The minimum atomic E-state index is 0.00228. The van der Waals surface area contributed by atoms with E-state index in [9.17, 15) is 0 Å². The molecule has 0 amide bonds. The number of halogens is 1. The largest absolute Gasteiger partial charge is 0.483 e. The first kappa shape index (κ1) is 14.4. The van der Waals surface area contributed by atoms with Crippen molar-refractivity contribution in [2.45, 2.75) is 39.2 Å². The van der Waals surface area contributed by atoms with E-state index in [4.69, 9.17) is 16.3 Å². The van der Waals surface area contributed by atoms with Gasteiger partial charge in [0.1, 0.15) is 16.9 Å². The molecule has 1 heterocycles. The molecule has 1 aromatic heterocycles. The van der Waals surface area contributed by atoms with Crippen molar-refractivity contribution in [3.05, 3.63) is 45.4 Å². The van der Waals surface area contributed by atoms with Gasteiger partial charge in [-0.05, 0) is 37.5 Å². The number of alkyl halides is 1. The molecule has 0 radical (unpaired) electrons. The van der Waals surface area contributed by atoms with Crippen molar-refractivity contribution in [1.82, 2.24) is 4.98 Å². The van der Waals surface area contributed by atoms with Gasteiger partial charge in [0, 0.05) is 5.38 Å². The van der Waals surface area contributed by atoms with Crippen molar-refractivity contribution in [3.8, 4) is 5.75 Å². The number of benzene rings is 1. The van der Waals surface area contributed by atoms with E-state index in [0.29, 0.717) is 5.88 Å². The second-order valence-corrected chi connectivity index (χ2v) is 5.75. The van der Waals surface area contributed by atoms with Gasteiger partial charge in [-0.25, -0.2) is 4.98 Å². The van der Waals surface area contributed by atoms with E-state index in [1.807, 2.05) is 5.38 Å². The van der Waals surface area contributed by atoms with Crippen molar-refractivity contribution < 1.29 is 4.74 Å². The number of aryl methyl sites for hydroxylation is 2. The number of ether oxygens (including phenoxy) is 1. The van der Waals surface area contributed by atoms with Gasteiger partial charge in [-0.2, -0.15) is 0 Å². The number of rotatable bonds is 5. The van der Waals surface area contributed by atoms with Gasteiger partial charge in [-0.1, -0.05) is 19.1 Å². The van der Waals surface area contributed by atoms with Gasteiger partial charge in [-0.15, -0.1) is 22.9 Å². The van der Waals surface area contributed by atoms with E-state index in [1.165, 1.54) is 5.56 Å². The Morgan fingerprint density at radius 2 is 2.16 bits per heavy atom. The fraction of sp³-hybridized carbons (Fsp3) is 0.400. The third-order valence-corrected chi connectivity index (χ3v) is 4.22. The third kappa shape index (κ3) is 3.48. The Kier molecular flexibility index (Phi) is 4.83. The minimum absolute atomic E-state index is 0.00228. The highest BCUT2D eigenvalue weighted by Gasteiger charge is 2.16. The summed E-state index contributed by atoms with van der Waals surface area (Å²) in [6.45, 7) is 6.24. The van der Waals surface area contributed by atoms with Gasteiger partial charge in [0.2, 0.25) is 0 Å². The van der Waals surface area contributed by atoms with Gasteiger partial charge < -0.3 is 4.74 Å². The summed E-state index contributed by atoms with van der Waals surface area (Å²) in [6, 6.07) is 6.26. The summed E-state index contributed by atoms with van der Waals surface area (Å²) < 4.78 is 6.12. The van der Waals surface area contributed by atoms with E-state index < -0.39 is 0 Å². The molecule has 2 nitrogen and oxygen atoms in total. The summed E-state index contributed by atoms with van der Waals surface area (Å²) >= 11 is 7.41. The molecule has 0 saturated carbocycles. The summed E-state index contributed by atoms with van der Waals surface area (Å²) in [5, 5.41) is 3.00. The summed E-state index contributed by atoms with van der Waals surface area (Å²) in [7, 11) is 0. The van der Waals surface area contributed by atoms with E-state index in [1.54, 1.807) is 11.3 Å². The number of aromatic nitrogens is 1. The number of nitrogens with zero attached hydrogens (tertiary/aromatic N) is 1. The minimum Gasteiger partial charge on any atom is -0.483 e. The fourth-order valence-electron chi connectivity index (χ4n) is 1.83. The summed E-state index contributed by atoms with van der Waals surface area (Å²) in [5.41, 5.74) is 3.28. The molecule has 0 spiro atoms. The number of thiazole rings is 1. The van der Waals surface area contributed by atoms with Gasteiger partial charge >= 0.3 is 0 Å². The Bertz CT molecular complexity index is 553. The van der Waals surface area contributed by atoms with Crippen LogP contribution in [0.4, 0.5) is 0 Å². The van der Waals surface area contributed by atoms with Crippen molar-refractivity contribution >= 4 is 22.9 Å². The SMILES string of the molecule is CCC(Oc1cc(C)ccc1C)c1nc(CCl)cs1. The van der Waals surface area contributed by atoms with Crippen molar-refractivity contribution in [2.75, 3.05) is 0 Å². The van der Waals surface area contributed by atoms with Crippen LogP contribution in [0.2, 0.25) is 0 Å². The van der Waals surface area contributed by atoms with Gasteiger partial charge in [0.05, 0.1) is 11.6 Å². The smallest absolute Gasteiger partial charge is 0.150 e. The first-order valence-corrected chi connectivity index (χ1v) is 7.79. The molecule has 0 N–H and O–H groups in total. The molecule has 4 heteroatoms. The predicted molar refractivity (Wildman–Crippen MR) is 81.2 cm³/mol. The lowest BCUT2D eigenvalue weighted by molar-refractivity contribution is 0.199. The first-order chi connectivity index (χ1) is 9.13. The predicted octanol–water partition coefficient (Wildman–Crippen LogP) is 5.03. The molecule has 0 aliphatic heterocycles. The second kappa shape index (κ2) is 6.40. The molecule has 19 heavy (non-hydrogen) atoms. The molecule has 2 rings (SSSR count). The van der Waals surface area contributed by atoms with Crippen molar-refractivity contribution in [1.29, 1.82) is 0 Å². The Morgan fingerprint density at radius 1 is 1.37 bits per heavy atom. The van der Waals surface area contributed by atoms with Crippen LogP contribution >= 0.6 is 22.9 Å². The average molecular weight is 296 g/mol. The molecule has 1 unspecified atom stereocenters. The molecule has 0 fully saturated rings. The maximum absolute atomic E-state index is 6.12. The fourth-order valence-corrected chi connectivity index (χ4v) is 2.99. The molecule has 0 aliphatic carbocycles. The van der Waals surface area contributed by atoms with Crippen LogP contribution in [-0.4, -0.2) is 4.98 Å². The molecular formula is C15H18ClNOS. The lowest BCUT2D eigenvalue weighted by Crippen LogP contribution is -2.07. The Balaban J connectivity index is 2.21. The monoisotopic (exact) mass is 295 g/mol. The lowest BCUT2D eigenvalue weighted by atomic mass is 10.1. The van der Waals surface area contributed by atoms with E-state index in [0.717, 1.165) is 28.4 Å². The van der Waals surface area contributed by atoms with Crippen LogP contribution in [0.25, 0.3) is 0 Å². The van der Waals surface area contributed by atoms with Crippen LogP contribution < -0.4 is 4.74 Å².